The van der Waals surface area contributed by atoms with Crippen LogP contribution in [0.3, 0.4) is 0 Å². The summed E-state index contributed by atoms with van der Waals surface area (Å²) in [5.41, 5.74) is 1.98. The van der Waals surface area contributed by atoms with Crippen molar-refractivity contribution in [2.45, 2.75) is 37.1 Å². The normalized spacial score (nSPS) is 19.1. The number of para-hydroxylation sites is 1. The van der Waals surface area contributed by atoms with E-state index in [-0.39, 0.29) is 23.5 Å². The number of anilines is 1. The molecule has 0 saturated carbocycles. The van der Waals surface area contributed by atoms with Crippen LogP contribution in [0.5, 0.6) is 0 Å². The number of carbonyl (C=O) groups is 3. The van der Waals surface area contributed by atoms with E-state index >= 15 is 0 Å². The van der Waals surface area contributed by atoms with E-state index in [4.69, 9.17) is 0 Å². The van der Waals surface area contributed by atoms with Crippen molar-refractivity contribution in [3.8, 4) is 0 Å². The molecule has 5 nitrogen and oxygen atoms in total. The molecule has 2 heterocycles. The van der Waals surface area contributed by atoms with E-state index in [1.54, 1.807) is 29.2 Å². The lowest BCUT2D eigenvalue weighted by atomic mass is 10.0. The van der Waals surface area contributed by atoms with E-state index in [1.807, 2.05) is 31.2 Å². The van der Waals surface area contributed by atoms with Gasteiger partial charge in [-0.15, -0.1) is 11.8 Å². The number of benzene rings is 2. The molecular weight excluding hydrogens is 372 g/mol. The summed E-state index contributed by atoms with van der Waals surface area (Å²) in [4.78, 5) is 43.3. The number of thioether (sulfide) groups is 1. The number of carbonyl (C=O) groups excluding carboxylic acids is 3. The lowest BCUT2D eigenvalue weighted by Gasteiger charge is -2.34. The first kappa shape index (κ1) is 18.7. The lowest BCUT2D eigenvalue weighted by Crippen LogP contribution is -2.52. The highest BCUT2D eigenvalue weighted by Gasteiger charge is 2.42. The molecule has 2 aliphatic rings. The Balaban J connectivity index is 1.64. The van der Waals surface area contributed by atoms with Crippen LogP contribution < -0.4 is 4.90 Å². The molecule has 0 N–H and O–H groups in total. The van der Waals surface area contributed by atoms with Gasteiger partial charge in [0.05, 0.1) is 17.0 Å². The summed E-state index contributed by atoms with van der Waals surface area (Å²) in [6.07, 6.45) is 2.37. The molecular formula is C22H22N2O3S. The number of piperidine rings is 1. The van der Waals surface area contributed by atoms with Crippen LogP contribution in [-0.2, 0) is 9.59 Å². The first-order valence-corrected chi connectivity index (χ1v) is 10.5. The molecule has 0 radical (unpaired) electrons. The Kier molecular flexibility index (Phi) is 5.22. The van der Waals surface area contributed by atoms with Crippen LogP contribution in [0.1, 0.15) is 35.2 Å². The Morgan fingerprint density at radius 3 is 2.61 bits per heavy atom. The van der Waals surface area contributed by atoms with Gasteiger partial charge in [0.2, 0.25) is 5.91 Å². The predicted molar refractivity (Wildman–Crippen MR) is 110 cm³/mol. The smallest absolute Gasteiger partial charge is 0.256 e. The van der Waals surface area contributed by atoms with Gasteiger partial charge >= 0.3 is 0 Å². The number of imide groups is 1. The van der Waals surface area contributed by atoms with Gasteiger partial charge in [-0.25, -0.2) is 4.90 Å². The summed E-state index contributed by atoms with van der Waals surface area (Å²) in [6.45, 7) is 2.57. The lowest BCUT2D eigenvalue weighted by molar-refractivity contribution is -0.128. The van der Waals surface area contributed by atoms with Gasteiger partial charge in [-0.2, -0.15) is 0 Å². The summed E-state index contributed by atoms with van der Waals surface area (Å²) in [5.74, 6) is -0.588. The van der Waals surface area contributed by atoms with Crippen molar-refractivity contribution in [3.05, 3.63) is 59.7 Å². The van der Waals surface area contributed by atoms with Crippen molar-refractivity contribution in [2.75, 3.05) is 17.2 Å². The molecule has 1 saturated heterocycles. The third-order valence-electron chi connectivity index (χ3n) is 5.28. The van der Waals surface area contributed by atoms with Gasteiger partial charge in [0, 0.05) is 11.4 Å². The zero-order chi connectivity index (χ0) is 19.7. The minimum atomic E-state index is -0.554. The van der Waals surface area contributed by atoms with Crippen LogP contribution in [0.2, 0.25) is 0 Å². The van der Waals surface area contributed by atoms with Gasteiger partial charge in [-0.3, -0.25) is 14.4 Å². The largest absolute Gasteiger partial charge is 0.327 e. The molecule has 28 heavy (non-hydrogen) atoms. The maximum absolute atomic E-state index is 13.3. The highest BCUT2D eigenvalue weighted by molar-refractivity contribution is 8.00. The van der Waals surface area contributed by atoms with Gasteiger partial charge in [0.1, 0.15) is 6.04 Å². The van der Waals surface area contributed by atoms with Crippen LogP contribution in [0.25, 0.3) is 0 Å². The second-order valence-electron chi connectivity index (χ2n) is 7.20. The molecule has 0 unspecified atom stereocenters. The maximum atomic E-state index is 13.3. The molecule has 0 aliphatic carbocycles. The maximum Gasteiger partial charge on any atom is 0.256 e. The number of hydrogen-bond acceptors (Lipinski definition) is 4. The van der Waals surface area contributed by atoms with Crippen molar-refractivity contribution >= 4 is 35.2 Å². The molecule has 6 heteroatoms. The highest BCUT2D eigenvalue weighted by atomic mass is 32.2. The van der Waals surface area contributed by atoms with Gasteiger partial charge < -0.3 is 4.90 Å². The number of aryl methyl sites for hydroxylation is 1. The number of rotatable bonds is 3. The molecule has 0 spiro atoms. The minimum absolute atomic E-state index is 0.143. The summed E-state index contributed by atoms with van der Waals surface area (Å²) in [7, 11) is 0. The summed E-state index contributed by atoms with van der Waals surface area (Å²) in [5, 5.41) is 0. The molecule has 1 atom stereocenters. The van der Waals surface area contributed by atoms with E-state index in [9.17, 15) is 14.4 Å². The topological polar surface area (TPSA) is 57.7 Å². The third kappa shape index (κ3) is 3.44. The van der Waals surface area contributed by atoms with Crippen LogP contribution in [0.4, 0.5) is 5.69 Å². The fraction of sp³-hybridized carbons (Fsp3) is 0.318. The van der Waals surface area contributed by atoms with E-state index in [0.29, 0.717) is 24.2 Å². The molecule has 0 bridgehead atoms. The Morgan fingerprint density at radius 1 is 1.07 bits per heavy atom. The molecule has 2 aliphatic heterocycles. The fourth-order valence-electron chi connectivity index (χ4n) is 3.80. The molecule has 0 aromatic heterocycles. The van der Waals surface area contributed by atoms with Crippen molar-refractivity contribution in [3.63, 3.8) is 0 Å². The van der Waals surface area contributed by atoms with Crippen LogP contribution in [0, 0.1) is 6.92 Å². The second-order valence-corrected chi connectivity index (χ2v) is 8.25. The Hall–Kier alpha value is -2.60. The van der Waals surface area contributed by atoms with Crippen molar-refractivity contribution in [2.24, 2.45) is 0 Å². The van der Waals surface area contributed by atoms with Gasteiger partial charge in [-0.1, -0.05) is 29.8 Å². The number of fused-ring (bicyclic) bond motifs is 2. The van der Waals surface area contributed by atoms with Crippen molar-refractivity contribution in [1.82, 2.24) is 4.90 Å². The Morgan fingerprint density at radius 2 is 1.82 bits per heavy atom. The molecule has 2 aromatic rings. The van der Waals surface area contributed by atoms with E-state index in [2.05, 4.69) is 0 Å². The highest BCUT2D eigenvalue weighted by Crippen LogP contribution is 2.32. The average Bonchev–Trinajstić information content (AvgIpc) is 2.81. The Labute approximate surface area is 168 Å². The standard InChI is InChI=1S/C22H22N2O3S/c1-15-9-11-16(12-10-15)28-14-20(25)24-18-7-3-2-6-17(18)21(26)23-13-5-4-8-19(23)22(24)27/h2-3,6-7,9-12,19H,4-5,8,13-14H2,1H3/t19-/m1/s1. The first-order valence-electron chi connectivity index (χ1n) is 9.52. The number of hydrogen-bond donors (Lipinski definition) is 0. The average molecular weight is 394 g/mol. The van der Waals surface area contributed by atoms with Gasteiger partial charge in [0.15, 0.2) is 0 Å². The van der Waals surface area contributed by atoms with E-state index in [0.717, 1.165) is 23.3 Å². The fourth-order valence-corrected chi connectivity index (χ4v) is 4.55. The van der Waals surface area contributed by atoms with Crippen LogP contribution >= 0.6 is 11.8 Å². The Bertz CT molecular complexity index is 926. The first-order chi connectivity index (χ1) is 13.6. The monoisotopic (exact) mass is 394 g/mol. The van der Waals surface area contributed by atoms with Crippen LogP contribution in [0.15, 0.2) is 53.4 Å². The van der Waals surface area contributed by atoms with Crippen molar-refractivity contribution in [1.29, 1.82) is 0 Å². The summed E-state index contributed by atoms with van der Waals surface area (Å²) >= 11 is 1.40. The van der Waals surface area contributed by atoms with E-state index < -0.39 is 6.04 Å². The van der Waals surface area contributed by atoms with Crippen molar-refractivity contribution < 1.29 is 14.4 Å². The predicted octanol–water partition coefficient (Wildman–Crippen LogP) is 3.66. The number of nitrogens with zero attached hydrogens (tertiary/aromatic N) is 2. The second kappa shape index (κ2) is 7.80. The SMILES string of the molecule is Cc1ccc(SCC(=O)N2C(=O)[C@H]3CCCCN3C(=O)c3ccccc32)cc1. The zero-order valence-electron chi connectivity index (χ0n) is 15.8. The summed E-state index contributed by atoms with van der Waals surface area (Å²) < 4.78 is 0. The third-order valence-corrected chi connectivity index (χ3v) is 6.27. The van der Waals surface area contributed by atoms with Crippen LogP contribution in [-0.4, -0.2) is 41.0 Å². The molecule has 144 valence electrons. The number of amides is 3. The molecule has 2 aromatic carbocycles. The van der Waals surface area contributed by atoms with E-state index in [1.165, 1.54) is 16.7 Å². The molecule has 4 rings (SSSR count). The quantitative estimate of drug-likeness (QED) is 0.746. The van der Waals surface area contributed by atoms with Gasteiger partial charge in [-0.05, 0) is 50.5 Å². The summed E-state index contributed by atoms with van der Waals surface area (Å²) in [6, 6.07) is 14.3. The minimum Gasteiger partial charge on any atom is -0.327 e. The molecule has 1 fully saturated rings. The van der Waals surface area contributed by atoms with Gasteiger partial charge in [0.25, 0.3) is 11.8 Å². The zero-order valence-corrected chi connectivity index (χ0v) is 16.6. The molecule has 3 amide bonds.